The Morgan fingerprint density at radius 2 is 1.28 bits per heavy atom. The monoisotopic (exact) mass is 347 g/mol. The molecule has 0 unspecified atom stereocenters. The maximum Gasteiger partial charge on any atom is 1.00 e. The van der Waals surface area contributed by atoms with Crippen molar-refractivity contribution in [2.75, 3.05) is 0 Å². The predicted molar refractivity (Wildman–Crippen MR) is 72.5 cm³/mol. The van der Waals surface area contributed by atoms with Crippen LogP contribution in [0.3, 0.4) is 0 Å². The summed E-state index contributed by atoms with van der Waals surface area (Å²) in [6.07, 6.45) is 0. The molecular weight excluding hydrogens is 340 g/mol. The molecule has 0 spiro atoms. The van der Waals surface area contributed by atoms with Crippen molar-refractivity contribution in [3.8, 4) is 0 Å². The maximum atomic E-state index is 11.8. The van der Waals surface area contributed by atoms with Gasteiger partial charge in [0.05, 0.1) is 20.5 Å². The summed E-state index contributed by atoms with van der Waals surface area (Å²) >= 11 is 3.09. The summed E-state index contributed by atoms with van der Waals surface area (Å²) in [7, 11) is 0. The summed E-state index contributed by atoms with van der Waals surface area (Å²) < 4.78 is 1.77. The summed E-state index contributed by atoms with van der Waals surface area (Å²) in [6, 6.07) is 3.62. The van der Waals surface area contributed by atoms with Crippen molar-refractivity contribution in [1.82, 2.24) is 4.98 Å². The van der Waals surface area contributed by atoms with Gasteiger partial charge in [-0.15, -0.1) is 22.7 Å². The molecule has 0 aromatic carbocycles. The van der Waals surface area contributed by atoms with Crippen LogP contribution in [0.1, 0.15) is 9.75 Å². The third-order valence-corrected chi connectivity index (χ3v) is 4.85. The molecule has 6 heteroatoms. The van der Waals surface area contributed by atoms with Gasteiger partial charge in [0.15, 0.2) is 0 Å². The zero-order valence-corrected chi connectivity index (χ0v) is 16.8. The van der Waals surface area contributed by atoms with Crippen molar-refractivity contribution < 1.29 is 58.2 Å². The van der Waals surface area contributed by atoms with Crippen LogP contribution in [0.4, 0.5) is 0 Å². The van der Waals surface area contributed by atoms with Gasteiger partial charge < -0.3 is 14.6 Å². The molecule has 18 heavy (non-hydrogen) atoms. The van der Waals surface area contributed by atoms with Crippen LogP contribution in [0.25, 0.3) is 20.2 Å². The Balaban J connectivity index is 0.00000120. The fraction of sp³-hybridized carbons (Fsp3) is 0.167. The molecule has 0 fully saturated rings. The molecule has 0 N–H and O–H groups in total. The third-order valence-electron chi connectivity index (χ3n) is 2.58. The van der Waals surface area contributed by atoms with E-state index in [2.05, 4.69) is 4.98 Å². The van der Waals surface area contributed by atoms with Gasteiger partial charge in [-0.1, -0.05) is 0 Å². The van der Waals surface area contributed by atoms with E-state index >= 15 is 0 Å². The van der Waals surface area contributed by atoms with E-state index in [0.717, 1.165) is 19.2 Å². The molecule has 0 atom stereocenters. The van der Waals surface area contributed by atoms with Gasteiger partial charge in [0.25, 0.3) is 0 Å². The molecule has 3 aromatic rings. The molecule has 0 saturated heterocycles. The molecule has 86 valence electrons. The number of thiophene rings is 2. The van der Waals surface area contributed by atoms with Crippen LogP contribution in [-0.2, 0) is 0 Å². The number of fused-ring (bicyclic) bond motifs is 3. The summed E-state index contributed by atoms with van der Waals surface area (Å²) in [4.78, 5) is 29.4. The van der Waals surface area contributed by atoms with E-state index in [4.69, 9.17) is 0 Å². The smallest absolute Gasteiger partial charge is 0.587 e. The molecule has 0 saturated carbocycles. The van der Waals surface area contributed by atoms with Crippen LogP contribution in [0, 0.1) is 13.8 Å². The second-order valence-electron chi connectivity index (χ2n) is 3.92. The largest absolute Gasteiger partial charge is 1.00 e. The van der Waals surface area contributed by atoms with Gasteiger partial charge in [-0.05, 0) is 26.0 Å². The topological polar surface area (TPSA) is 48.2 Å². The molecule has 0 amide bonds. The van der Waals surface area contributed by atoms with Gasteiger partial charge in [-0.25, -0.2) is 0 Å². The van der Waals surface area contributed by atoms with Gasteiger partial charge in [0.2, 0.25) is 0 Å². The van der Waals surface area contributed by atoms with E-state index in [1.165, 1.54) is 0 Å². The minimum absolute atomic E-state index is 0. The van der Waals surface area contributed by atoms with Crippen LogP contribution in [0.2, 0.25) is 0 Å². The van der Waals surface area contributed by atoms with Crippen LogP contribution in [-0.4, -0.2) is 0 Å². The van der Waals surface area contributed by atoms with Gasteiger partial charge in [-0.3, -0.25) is 0 Å². The van der Waals surface area contributed by atoms with E-state index in [1.54, 1.807) is 22.7 Å². The minimum Gasteiger partial charge on any atom is -0.587 e. The average Bonchev–Trinajstić information content (AvgIpc) is 2.79. The van der Waals surface area contributed by atoms with Crippen LogP contribution in [0.15, 0.2) is 21.7 Å². The molecule has 0 aliphatic heterocycles. The fourth-order valence-corrected chi connectivity index (χ4v) is 4.06. The van der Waals surface area contributed by atoms with Crippen molar-refractivity contribution >= 4 is 42.8 Å². The van der Waals surface area contributed by atoms with E-state index in [9.17, 15) is 9.59 Å². The Labute approximate surface area is 160 Å². The second-order valence-corrected chi connectivity index (χ2v) is 6.43. The quantitative estimate of drug-likeness (QED) is 0.546. The Kier molecular flexibility index (Phi) is 4.41. The third kappa shape index (κ3) is 2.36. The fourth-order valence-electron chi connectivity index (χ4n) is 1.90. The predicted octanol–water partition coefficient (Wildman–Crippen LogP) is -0.586. The van der Waals surface area contributed by atoms with Gasteiger partial charge in [0, 0.05) is 20.5 Å². The van der Waals surface area contributed by atoms with Crippen LogP contribution in [0.5, 0.6) is 0 Å². The summed E-state index contributed by atoms with van der Waals surface area (Å²) in [5.74, 6) is 0. The minimum atomic E-state index is -0.421. The number of aromatic nitrogens is 1. The van der Waals surface area contributed by atoms with E-state index < -0.39 is 11.1 Å². The Hall–Kier alpha value is 0.345. The molecular formula is C12H8NO2RbS2. The molecule has 0 aliphatic carbocycles. The van der Waals surface area contributed by atoms with Gasteiger partial charge in [0.1, 0.15) is 0 Å². The standard InChI is InChI=1S/C12H9NO2S2.Rb/c1-5-3-7-9(16-5)10-8(4-6(2)17-10)12(15)13-11(7)14;/h3-4H,1-2H3,(H,13,14,15);/q;+1/p-1. The first-order chi connectivity index (χ1) is 8.06. The summed E-state index contributed by atoms with van der Waals surface area (Å²) in [6.45, 7) is 3.91. The maximum absolute atomic E-state index is 11.8. The normalized spacial score (nSPS) is 10.8. The van der Waals surface area contributed by atoms with Crippen molar-refractivity contribution in [1.29, 1.82) is 0 Å². The summed E-state index contributed by atoms with van der Waals surface area (Å²) in [5.41, 5.74) is -0.842. The number of hydrogen-bond acceptors (Lipinski definition) is 4. The first-order valence-corrected chi connectivity index (χ1v) is 6.71. The zero-order valence-electron chi connectivity index (χ0n) is 10.2. The Morgan fingerprint density at radius 1 is 0.889 bits per heavy atom. The SMILES string of the molecule is Cc1cc2c(=O)[n-]c(=O)c3cc(C)sc3c2s1.[Rb+]. The van der Waals surface area contributed by atoms with Gasteiger partial charge >= 0.3 is 58.2 Å². The van der Waals surface area contributed by atoms with E-state index in [-0.39, 0.29) is 58.2 Å². The molecule has 0 radical (unpaired) electrons. The van der Waals surface area contributed by atoms with Crippen molar-refractivity contribution in [2.45, 2.75) is 13.8 Å². The molecule has 0 bridgehead atoms. The van der Waals surface area contributed by atoms with Crippen molar-refractivity contribution in [3.05, 3.63) is 42.6 Å². The van der Waals surface area contributed by atoms with Gasteiger partial charge in [-0.2, -0.15) is 0 Å². The number of rotatable bonds is 0. The summed E-state index contributed by atoms with van der Waals surface area (Å²) in [5, 5.41) is 1.11. The molecule has 3 rings (SSSR count). The first kappa shape index (κ1) is 14.7. The molecule has 3 nitrogen and oxygen atoms in total. The Morgan fingerprint density at radius 3 is 1.67 bits per heavy atom. The van der Waals surface area contributed by atoms with Crippen LogP contribution >= 0.6 is 22.7 Å². The van der Waals surface area contributed by atoms with Crippen LogP contribution < -0.4 is 74.3 Å². The van der Waals surface area contributed by atoms with E-state index in [0.29, 0.717) is 10.8 Å². The van der Waals surface area contributed by atoms with Crippen molar-refractivity contribution in [3.63, 3.8) is 0 Å². The average molecular weight is 348 g/mol. The second kappa shape index (κ2) is 5.38. The zero-order chi connectivity index (χ0) is 12.2. The Bertz CT molecular complexity index is 790. The molecule has 3 aromatic heterocycles. The number of hydrogen-bond donors (Lipinski definition) is 0. The van der Waals surface area contributed by atoms with Crippen molar-refractivity contribution in [2.24, 2.45) is 0 Å². The van der Waals surface area contributed by atoms with E-state index in [1.807, 2.05) is 26.0 Å². The first-order valence-electron chi connectivity index (χ1n) is 5.08. The molecule has 3 heterocycles. The number of aryl methyl sites for hydroxylation is 2. The number of nitrogens with zero attached hydrogens (tertiary/aromatic N) is 1. The molecule has 0 aliphatic rings.